The molecule has 0 amide bonds. The molecule has 0 heterocycles. The highest BCUT2D eigenvalue weighted by Gasteiger charge is 1.86. The van der Waals surface area contributed by atoms with Gasteiger partial charge in [-0.2, -0.15) is 0 Å². The summed E-state index contributed by atoms with van der Waals surface area (Å²) in [7, 11) is 0. The minimum absolute atomic E-state index is 0.211. The normalized spacial score (nSPS) is 7.67. The van der Waals surface area contributed by atoms with Crippen molar-refractivity contribution in [2.75, 3.05) is 0 Å². The van der Waals surface area contributed by atoms with Gasteiger partial charge in [0.2, 0.25) is 0 Å². The van der Waals surface area contributed by atoms with Gasteiger partial charge < -0.3 is 0 Å². The predicted molar refractivity (Wildman–Crippen MR) is 28.3 cm³/mol. The van der Waals surface area contributed by atoms with Crippen molar-refractivity contribution < 1.29 is 4.39 Å². The van der Waals surface area contributed by atoms with E-state index in [1.54, 1.807) is 0 Å². The Hall–Kier alpha value is -0.110. The fourth-order valence-electron chi connectivity index (χ4n) is 0. The summed E-state index contributed by atoms with van der Waals surface area (Å²) in [6.07, 6.45) is 0. The molecule has 0 aliphatic carbocycles. The van der Waals surface area contributed by atoms with Gasteiger partial charge in [0, 0.05) is 4.48 Å². The van der Waals surface area contributed by atoms with Crippen LogP contribution in [0.3, 0.4) is 0 Å². The van der Waals surface area contributed by atoms with E-state index >= 15 is 0 Å². The van der Waals surface area contributed by atoms with Crippen LogP contribution in [0.5, 0.6) is 0 Å². The summed E-state index contributed by atoms with van der Waals surface area (Å²) in [5, 5.41) is 0. The van der Waals surface area contributed by atoms with E-state index in [2.05, 4.69) is 29.1 Å². The molecule has 34 valence electrons. The van der Waals surface area contributed by atoms with Crippen LogP contribution >= 0.6 is 15.9 Å². The third-order valence-electron chi connectivity index (χ3n) is 0.294. The first-order chi connectivity index (χ1) is 2.64. The van der Waals surface area contributed by atoms with Gasteiger partial charge in [0.25, 0.3) is 0 Å². The van der Waals surface area contributed by atoms with Gasteiger partial charge in [-0.25, -0.2) is 4.39 Å². The van der Waals surface area contributed by atoms with E-state index in [9.17, 15) is 4.39 Å². The second-order valence-electron chi connectivity index (χ2n) is 0.810. The lowest BCUT2D eigenvalue weighted by molar-refractivity contribution is 0.669. The molecular weight excluding hydrogens is 147 g/mol. The van der Waals surface area contributed by atoms with Crippen molar-refractivity contribution in [2.24, 2.45) is 0 Å². The monoisotopic (exact) mass is 150 g/mol. The van der Waals surface area contributed by atoms with Gasteiger partial charge in [-0.05, 0) is 15.9 Å². The summed E-state index contributed by atoms with van der Waals surface area (Å²) < 4.78 is 11.7. The Bertz CT molecular complexity index is 73.5. The van der Waals surface area contributed by atoms with Crippen molar-refractivity contribution in [3.63, 3.8) is 0 Å². The Labute approximate surface area is 44.5 Å². The number of hydrogen-bond acceptors (Lipinski definition) is 0. The van der Waals surface area contributed by atoms with Gasteiger partial charge >= 0.3 is 0 Å². The molecule has 0 bridgehead atoms. The van der Waals surface area contributed by atoms with Crippen molar-refractivity contribution in [1.82, 2.24) is 0 Å². The molecule has 0 fully saturated rings. The Balaban J connectivity index is 3.57. The summed E-state index contributed by atoms with van der Waals surface area (Å²) >= 11 is 2.77. The smallest absolute Gasteiger partial charge is 0.129 e. The third-order valence-corrected chi connectivity index (χ3v) is 0.725. The highest BCUT2D eigenvalue weighted by atomic mass is 79.9. The number of allylic oxidation sites excluding steroid dienone is 2. The molecule has 0 aliphatic rings. The van der Waals surface area contributed by atoms with Crippen molar-refractivity contribution in [3.05, 3.63) is 23.5 Å². The summed E-state index contributed by atoms with van der Waals surface area (Å²) in [6.45, 7) is 6.14. The standard InChI is InChI=1S/C4H4BrF/c1-3(5)4(2)6/h1-2H2. The quantitative estimate of drug-likeness (QED) is 0.504. The van der Waals surface area contributed by atoms with Crippen LogP contribution in [0.1, 0.15) is 0 Å². The third kappa shape index (κ3) is 2.15. The maximum Gasteiger partial charge on any atom is 0.129 e. The first kappa shape index (κ1) is 5.89. The molecule has 0 aromatic carbocycles. The molecule has 0 N–H and O–H groups in total. The van der Waals surface area contributed by atoms with Gasteiger partial charge in [-0.1, -0.05) is 13.2 Å². The number of halogens is 2. The summed E-state index contributed by atoms with van der Waals surface area (Å²) in [6, 6.07) is 0. The highest BCUT2D eigenvalue weighted by Crippen LogP contribution is 2.11. The van der Waals surface area contributed by atoms with E-state index in [1.165, 1.54) is 0 Å². The lowest BCUT2D eigenvalue weighted by Crippen LogP contribution is -1.59. The Morgan fingerprint density at radius 1 is 1.50 bits per heavy atom. The number of rotatable bonds is 1. The van der Waals surface area contributed by atoms with Crippen molar-refractivity contribution in [1.29, 1.82) is 0 Å². The molecule has 6 heavy (non-hydrogen) atoms. The van der Waals surface area contributed by atoms with E-state index in [4.69, 9.17) is 0 Å². The van der Waals surface area contributed by atoms with Crippen LogP contribution in [0.15, 0.2) is 23.5 Å². The molecule has 0 unspecified atom stereocenters. The minimum atomic E-state index is -0.519. The molecular formula is C4H4BrF. The first-order valence-corrected chi connectivity index (χ1v) is 2.13. The maximum atomic E-state index is 11.5. The van der Waals surface area contributed by atoms with Gasteiger partial charge in [0.05, 0.1) is 0 Å². The molecule has 0 radical (unpaired) electrons. The van der Waals surface area contributed by atoms with Gasteiger partial charge in [-0.15, -0.1) is 0 Å². The van der Waals surface area contributed by atoms with Crippen LogP contribution in [-0.2, 0) is 0 Å². The topological polar surface area (TPSA) is 0 Å². The molecule has 0 rings (SSSR count). The van der Waals surface area contributed by atoms with E-state index in [0.29, 0.717) is 0 Å². The first-order valence-electron chi connectivity index (χ1n) is 1.34. The van der Waals surface area contributed by atoms with Crippen LogP contribution in [0.4, 0.5) is 4.39 Å². The van der Waals surface area contributed by atoms with Crippen molar-refractivity contribution >= 4 is 15.9 Å². The fraction of sp³-hybridized carbons (Fsp3) is 0. The minimum Gasteiger partial charge on any atom is -0.206 e. The summed E-state index contributed by atoms with van der Waals surface area (Å²) in [5.74, 6) is -0.519. The zero-order valence-corrected chi connectivity index (χ0v) is 4.76. The lowest BCUT2D eigenvalue weighted by Gasteiger charge is -1.80. The van der Waals surface area contributed by atoms with Gasteiger partial charge in [-0.3, -0.25) is 0 Å². The van der Waals surface area contributed by atoms with Crippen LogP contribution in [0.2, 0.25) is 0 Å². The predicted octanol–water partition coefficient (Wildman–Crippen LogP) is 2.38. The maximum absolute atomic E-state index is 11.5. The molecule has 0 spiro atoms. The molecule has 0 atom stereocenters. The largest absolute Gasteiger partial charge is 0.206 e. The lowest BCUT2D eigenvalue weighted by atomic mass is 10.6. The van der Waals surface area contributed by atoms with Crippen LogP contribution in [0.25, 0.3) is 0 Å². The number of hydrogen-bond donors (Lipinski definition) is 0. The molecule has 0 aliphatic heterocycles. The molecule has 0 aromatic heterocycles. The average molecular weight is 151 g/mol. The molecule has 2 heteroatoms. The zero-order valence-electron chi connectivity index (χ0n) is 3.17. The Kier molecular flexibility index (Phi) is 2.09. The van der Waals surface area contributed by atoms with E-state index in [-0.39, 0.29) is 4.48 Å². The average Bonchev–Trinajstić information content (AvgIpc) is 1.36. The van der Waals surface area contributed by atoms with E-state index in [0.717, 1.165) is 0 Å². The SMILES string of the molecule is C=C(F)C(=C)Br. The second kappa shape index (κ2) is 2.13. The molecule has 0 aromatic rings. The van der Waals surface area contributed by atoms with Crippen molar-refractivity contribution in [2.45, 2.75) is 0 Å². The summed E-state index contributed by atoms with van der Waals surface area (Å²) in [5.41, 5.74) is 0. The van der Waals surface area contributed by atoms with Crippen molar-refractivity contribution in [3.8, 4) is 0 Å². The second-order valence-corrected chi connectivity index (χ2v) is 1.77. The molecule has 0 nitrogen and oxygen atoms in total. The van der Waals surface area contributed by atoms with Crippen LogP contribution < -0.4 is 0 Å². The van der Waals surface area contributed by atoms with E-state index < -0.39 is 5.83 Å². The van der Waals surface area contributed by atoms with Crippen LogP contribution in [-0.4, -0.2) is 0 Å². The fourth-order valence-corrected chi connectivity index (χ4v) is 0. The van der Waals surface area contributed by atoms with Gasteiger partial charge in [0.1, 0.15) is 5.83 Å². The Morgan fingerprint density at radius 3 is 1.67 bits per heavy atom. The van der Waals surface area contributed by atoms with Gasteiger partial charge in [0.15, 0.2) is 0 Å². The van der Waals surface area contributed by atoms with E-state index in [1.807, 2.05) is 0 Å². The van der Waals surface area contributed by atoms with Crippen LogP contribution in [0, 0.1) is 0 Å². The highest BCUT2D eigenvalue weighted by molar-refractivity contribution is 9.11. The molecule has 0 saturated heterocycles. The summed E-state index contributed by atoms with van der Waals surface area (Å²) in [4.78, 5) is 0. The zero-order chi connectivity index (χ0) is 5.15. The Morgan fingerprint density at radius 2 is 1.67 bits per heavy atom. The molecule has 0 saturated carbocycles.